The molecular weight excluding hydrogens is 341 g/mol. The third-order valence-electron chi connectivity index (χ3n) is 3.87. The number of ether oxygens (including phenoxy) is 1. The molecule has 1 rings (SSSR count). The fourth-order valence-electron chi connectivity index (χ4n) is 2.31. The lowest BCUT2D eigenvalue weighted by molar-refractivity contribution is -0.142. The lowest BCUT2D eigenvalue weighted by Crippen LogP contribution is -2.41. The minimum Gasteiger partial charge on any atom is -0.494 e. The molecule has 2 N–H and O–H groups in total. The number of carboxylic acid groups (broad SMARTS) is 1. The summed E-state index contributed by atoms with van der Waals surface area (Å²) in [6.07, 6.45) is 0.644. The Labute approximate surface area is 152 Å². The van der Waals surface area contributed by atoms with Crippen molar-refractivity contribution < 1.29 is 28.6 Å². The molecule has 0 radical (unpaired) electrons. The van der Waals surface area contributed by atoms with E-state index in [4.69, 9.17) is 4.74 Å². The van der Waals surface area contributed by atoms with Crippen LogP contribution in [0.15, 0.2) is 18.2 Å². The number of carboxylic acids is 1. The van der Waals surface area contributed by atoms with Crippen LogP contribution in [-0.4, -0.2) is 35.9 Å². The summed E-state index contributed by atoms with van der Waals surface area (Å²) in [5, 5.41) is 11.7. The van der Waals surface area contributed by atoms with Gasteiger partial charge in [-0.25, -0.2) is 9.18 Å². The lowest BCUT2D eigenvalue weighted by Gasteiger charge is -2.21. The van der Waals surface area contributed by atoms with Crippen molar-refractivity contribution in [1.82, 2.24) is 5.32 Å². The Hall–Kier alpha value is -2.44. The van der Waals surface area contributed by atoms with Gasteiger partial charge in [0, 0.05) is 18.4 Å². The first-order valence-electron chi connectivity index (χ1n) is 8.42. The maximum absolute atomic E-state index is 13.6. The van der Waals surface area contributed by atoms with Crippen LogP contribution >= 0.6 is 0 Å². The average Bonchev–Trinajstić information content (AvgIpc) is 2.55. The molecule has 0 bridgehead atoms. The van der Waals surface area contributed by atoms with Crippen LogP contribution in [-0.2, 0) is 9.59 Å². The monoisotopic (exact) mass is 367 g/mol. The van der Waals surface area contributed by atoms with Gasteiger partial charge >= 0.3 is 5.97 Å². The second-order valence-electron chi connectivity index (χ2n) is 7.33. The van der Waals surface area contributed by atoms with Crippen LogP contribution in [0.4, 0.5) is 4.39 Å². The van der Waals surface area contributed by atoms with Gasteiger partial charge in [0.2, 0.25) is 5.91 Å². The summed E-state index contributed by atoms with van der Waals surface area (Å²) in [5.74, 6) is -2.65. The number of carbonyl (C=O) groups excluding carboxylic acids is 2. The molecule has 1 amide bonds. The van der Waals surface area contributed by atoms with Crippen LogP contribution in [0.3, 0.4) is 0 Å². The molecule has 0 saturated carbocycles. The number of halogens is 1. The van der Waals surface area contributed by atoms with Crippen molar-refractivity contribution in [2.24, 2.45) is 5.41 Å². The molecule has 0 saturated heterocycles. The summed E-state index contributed by atoms with van der Waals surface area (Å²) in [7, 11) is 1.32. The summed E-state index contributed by atoms with van der Waals surface area (Å²) in [5.41, 5.74) is 0.0888. The van der Waals surface area contributed by atoms with E-state index in [1.54, 1.807) is 0 Å². The Bertz CT molecular complexity index is 666. The summed E-state index contributed by atoms with van der Waals surface area (Å²) in [6.45, 7) is 5.96. The van der Waals surface area contributed by atoms with Gasteiger partial charge in [-0.1, -0.05) is 20.8 Å². The summed E-state index contributed by atoms with van der Waals surface area (Å²) in [4.78, 5) is 35.3. The van der Waals surface area contributed by atoms with Crippen LogP contribution in [0.5, 0.6) is 5.75 Å². The number of hydrogen-bond acceptors (Lipinski definition) is 4. The molecule has 0 spiro atoms. The van der Waals surface area contributed by atoms with E-state index in [1.807, 2.05) is 20.8 Å². The fourth-order valence-corrected chi connectivity index (χ4v) is 2.31. The number of amides is 1. The highest BCUT2D eigenvalue weighted by molar-refractivity contribution is 5.98. The largest absolute Gasteiger partial charge is 0.494 e. The van der Waals surface area contributed by atoms with Crippen LogP contribution in [0.25, 0.3) is 0 Å². The number of methoxy groups -OCH3 is 1. The Morgan fingerprint density at radius 3 is 2.38 bits per heavy atom. The molecule has 26 heavy (non-hydrogen) atoms. The van der Waals surface area contributed by atoms with E-state index in [2.05, 4.69) is 5.32 Å². The summed E-state index contributed by atoms with van der Waals surface area (Å²) in [6, 6.07) is 2.83. The lowest BCUT2D eigenvalue weighted by atomic mass is 9.88. The molecular formula is C19H26FNO5. The Kier molecular flexibility index (Phi) is 7.74. The van der Waals surface area contributed by atoms with Crippen molar-refractivity contribution in [2.45, 2.75) is 52.5 Å². The molecule has 1 aromatic carbocycles. The zero-order valence-corrected chi connectivity index (χ0v) is 15.6. The first-order valence-corrected chi connectivity index (χ1v) is 8.42. The molecule has 1 aromatic rings. The topological polar surface area (TPSA) is 92.7 Å². The number of benzene rings is 1. The van der Waals surface area contributed by atoms with E-state index < -0.39 is 29.5 Å². The first-order chi connectivity index (χ1) is 12.0. The van der Waals surface area contributed by atoms with E-state index in [9.17, 15) is 23.9 Å². The number of Topliss-reactive ketones (excluding diaryl/α,β-unsaturated/α-hetero) is 1. The molecule has 0 aromatic heterocycles. The molecule has 0 aliphatic carbocycles. The SMILES string of the molecule is COc1ccc(C(=O)CCC(=O)NC(CCC(C)(C)C)C(=O)O)cc1F. The molecule has 1 unspecified atom stereocenters. The van der Waals surface area contributed by atoms with Gasteiger partial charge in [0.15, 0.2) is 17.3 Å². The second kappa shape index (κ2) is 9.31. The second-order valence-corrected chi connectivity index (χ2v) is 7.33. The first kappa shape index (κ1) is 21.6. The molecule has 144 valence electrons. The van der Waals surface area contributed by atoms with Gasteiger partial charge in [-0.15, -0.1) is 0 Å². The number of nitrogens with one attached hydrogen (secondary N) is 1. The number of carbonyl (C=O) groups is 3. The van der Waals surface area contributed by atoms with Gasteiger partial charge in [0.05, 0.1) is 7.11 Å². The van der Waals surface area contributed by atoms with Gasteiger partial charge in [0.1, 0.15) is 6.04 Å². The molecule has 0 heterocycles. The maximum Gasteiger partial charge on any atom is 0.326 e. The van der Waals surface area contributed by atoms with E-state index in [0.29, 0.717) is 12.8 Å². The van der Waals surface area contributed by atoms with Gasteiger partial charge in [-0.3, -0.25) is 9.59 Å². The van der Waals surface area contributed by atoms with Gasteiger partial charge in [-0.05, 0) is 36.5 Å². The third-order valence-corrected chi connectivity index (χ3v) is 3.87. The number of rotatable bonds is 9. The standard InChI is InChI=1S/C19H26FNO5/c1-19(2,3)10-9-14(18(24)25)21-17(23)8-6-15(22)12-5-7-16(26-4)13(20)11-12/h5,7,11,14H,6,8-10H2,1-4H3,(H,21,23)(H,24,25). The molecule has 1 atom stereocenters. The molecule has 0 fully saturated rings. The van der Waals surface area contributed by atoms with Gasteiger partial charge in [0.25, 0.3) is 0 Å². The number of ketones is 1. The van der Waals surface area contributed by atoms with Crippen LogP contribution < -0.4 is 10.1 Å². The van der Waals surface area contributed by atoms with E-state index >= 15 is 0 Å². The highest BCUT2D eigenvalue weighted by Gasteiger charge is 2.23. The van der Waals surface area contributed by atoms with Crippen molar-refractivity contribution in [3.8, 4) is 5.75 Å². The quantitative estimate of drug-likeness (QED) is 0.654. The van der Waals surface area contributed by atoms with Crippen molar-refractivity contribution >= 4 is 17.7 Å². The zero-order valence-electron chi connectivity index (χ0n) is 15.6. The molecule has 7 heteroatoms. The minimum atomic E-state index is -1.11. The van der Waals surface area contributed by atoms with Gasteiger partial charge in [-0.2, -0.15) is 0 Å². The smallest absolute Gasteiger partial charge is 0.326 e. The Balaban J connectivity index is 2.57. The minimum absolute atomic E-state index is 0.0300. The van der Waals surface area contributed by atoms with Crippen molar-refractivity contribution in [3.63, 3.8) is 0 Å². The van der Waals surface area contributed by atoms with E-state index in [1.165, 1.54) is 19.2 Å². The van der Waals surface area contributed by atoms with Crippen LogP contribution in [0, 0.1) is 11.2 Å². The predicted octanol–water partition coefficient (Wildman–Crippen LogP) is 3.19. The maximum atomic E-state index is 13.6. The Morgan fingerprint density at radius 1 is 1.23 bits per heavy atom. The highest BCUT2D eigenvalue weighted by atomic mass is 19.1. The third kappa shape index (κ3) is 7.21. The average molecular weight is 367 g/mol. The molecule has 0 aliphatic heterocycles. The van der Waals surface area contributed by atoms with Gasteiger partial charge < -0.3 is 15.2 Å². The number of hydrogen-bond donors (Lipinski definition) is 2. The van der Waals surface area contributed by atoms with E-state index in [-0.39, 0.29) is 29.6 Å². The highest BCUT2D eigenvalue weighted by Crippen LogP contribution is 2.22. The molecule has 0 aliphatic rings. The van der Waals surface area contributed by atoms with Crippen molar-refractivity contribution in [2.75, 3.05) is 7.11 Å². The van der Waals surface area contributed by atoms with Crippen LogP contribution in [0.1, 0.15) is 56.8 Å². The normalized spacial score (nSPS) is 12.3. The van der Waals surface area contributed by atoms with Crippen molar-refractivity contribution in [1.29, 1.82) is 0 Å². The Morgan fingerprint density at radius 2 is 1.88 bits per heavy atom. The zero-order chi connectivity index (χ0) is 19.9. The number of aliphatic carboxylic acids is 1. The predicted molar refractivity (Wildman–Crippen MR) is 94.8 cm³/mol. The summed E-state index contributed by atoms with van der Waals surface area (Å²) < 4.78 is 18.4. The molecule has 6 nitrogen and oxygen atoms in total. The van der Waals surface area contributed by atoms with E-state index in [0.717, 1.165) is 6.07 Å². The fraction of sp³-hybridized carbons (Fsp3) is 0.526. The van der Waals surface area contributed by atoms with Crippen LogP contribution in [0.2, 0.25) is 0 Å². The summed E-state index contributed by atoms with van der Waals surface area (Å²) >= 11 is 0. The van der Waals surface area contributed by atoms with Crippen molar-refractivity contribution in [3.05, 3.63) is 29.6 Å².